The summed E-state index contributed by atoms with van der Waals surface area (Å²) in [6, 6.07) is 4.86. The number of hydrogen-bond acceptors (Lipinski definition) is 7. The van der Waals surface area contributed by atoms with Crippen LogP contribution >= 0.6 is 0 Å². The molecular weight excluding hydrogens is 404 g/mol. The Morgan fingerprint density at radius 2 is 1.81 bits per heavy atom. The molecule has 4 rings (SSSR count). The lowest BCUT2D eigenvalue weighted by molar-refractivity contribution is -0.138. The first kappa shape index (κ1) is 23.2. The first-order valence-electron chi connectivity index (χ1n) is 9.11. The Balaban J connectivity index is 0.000000178. The van der Waals surface area contributed by atoms with Crippen LogP contribution in [0.1, 0.15) is 5.69 Å². The fraction of sp³-hybridized carbons (Fsp3) is 0.263. The van der Waals surface area contributed by atoms with E-state index in [2.05, 4.69) is 19.9 Å². The summed E-state index contributed by atoms with van der Waals surface area (Å²) in [5.74, 6) is -1.00. The molecule has 0 saturated heterocycles. The van der Waals surface area contributed by atoms with E-state index in [4.69, 9.17) is 10.8 Å². The maximum Gasteiger partial charge on any atom is 0.332 e. The van der Waals surface area contributed by atoms with E-state index < -0.39 is 12.0 Å². The molecule has 1 atom stereocenters. The summed E-state index contributed by atoms with van der Waals surface area (Å²) in [4.78, 5) is 47.7. The number of carbonyl (C=O) groups is 1. The predicted molar refractivity (Wildman–Crippen MR) is 113 cm³/mol. The van der Waals surface area contributed by atoms with E-state index in [1.54, 1.807) is 37.3 Å². The number of H-pyrrole nitrogens is 1. The van der Waals surface area contributed by atoms with E-state index in [0.717, 1.165) is 10.3 Å². The first-order chi connectivity index (χ1) is 14.7. The molecule has 0 aliphatic heterocycles. The van der Waals surface area contributed by atoms with Gasteiger partial charge >= 0.3 is 11.7 Å². The molecule has 4 N–H and O–H groups in total. The molecule has 0 saturated carbocycles. The SMILES string of the molecule is Cn1c(=O)c2c(ncn2C)n(C)c1=O.N[C@@H](Cc1cnc[nH]1)C(=O)O.c1ccncc1. The Kier molecular flexibility index (Phi) is 7.97. The van der Waals surface area contributed by atoms with Gasteiger partial charge in [0.15, 0.2) is 11.2 Å². The number of pyridine rings is 1. The summed E-state index contributed by atoms with van der Waals surface area (Å²) in [6.07, 6.45) is 8.35. The van der Waals surface area contributed by atoms with Crippen molar-refractivity contribution >= 4 is 17.1 Å². The van der Waals surface area contributed by atoms with Gasteiger partial charge in [0.25, 0.3) is 5.56 Å². The fourth-order valence-electron chi connectivity index (χ4n) is 2.50. The zero-order valence-electron chi connectivity index (χ0n) is 17.3. The van der Waals surface area contributed by atoms with Crippen molar-refractivity contribution in [2.24, 2.45) is 26.9 Å². The second-order valence-corrected chi connectivity index (χ2v) is 6.48. The number of aryl methyl sites for hydroxylation is 2. The molecule has 164 valence electrons. The number of imidazole rings is 2. The van der Waals surface area contributed by atoms with Gasteiger partial charge in [-0.05, 0) is 12.1 Å². The van der Waals surface area contributed by atoms with Crippen molar-refractivity contribution < 1.29 is 9.90 Å². The number of rotatable bonds is 3. The third-order valence-corrected chi connectivity index (χ3v) is 4.19. The third kappa shape index (κ3) is 5.96. The molecule has 12 heteroatoms. The van der Waals surface area contributed by atoms with Crippen LogP contribution in [0.25, 0.3) is 11.2 Å². The van der Waals surface area contributed by atoms with E-state index in [1.807, 2.05) is 18.2 Å². The molecule has 0 aliphatic carbocycles. The van der Waals surface area contributed by atoms with E-state index in [9.17, 15) is 14.4 Å². The summed E-state index contributed by atoms with van der Waals surface area (Å²) in [5, 5.41) is 8.42. The zero-order valence-corrected chi connectivity index (χ0v) is 17.3. The number of hydrogen-bond donors (Lipinski definition) is 3. The average molecular weight is 428 g/mol. The molecule has 0 spiro atoms. The van der Waals surface area contributed by atoms with Gasteiger partial charge in [-0.2, -0.15) is 0 Å². The highest BCUT2D eigenvalue weighted by atomic mass is 16.4. The van der Waals surface area contributed by atoms with Gasteiger partial charge in [-0.3, -0.25) is 23.7 Å². The topological polar surface area (TPSA) is 167 Å². The summed E-state index contributed by atoms with van der Waals surface area (Å²) in [7, 11) is 4.77. The highest BCUT2D eigenvalue weighted by Crippen LogP contribution is 2.01. The van der Waals surface area contributed by atoms with E-state index in [1.165, 1.54) is 24.3 Å². The fourth-order valence-corrected chi connectivity index (χ4v) is 2.50. The van der Waals surface area contributed by atoms with Crippen molar-refractivity contribution in [3.63, 3.8) is 0 Å². The molecule has 4 aromatic heterocycles. The zero-order chi connectivity index (χ0) is 23.0. The van der Waals surface area contributed by atoms with Gasteiger partial charge in [0, 0.05) is 51.8 Å². The number of aliphatic carboxylic acids is 1. The van der Waals surface area contributed by atoms with Crippen LogP contribution in [0.15, 0.2) is 59.0 Å². The Labute approximate surface area is 176 Å². The maximum atomic E-state index is 11.7. The normalized spacial score (nSPS) is 11.1. The Bertz CT molecular complexity index is 1200. The highest BCUT2D eigenvalue weighted by Gasteiger charge is 2.12. The second kappa shape index (κ2) is 10.6. The van der Waals surface area contributed by atoms with Gasteiger partial charge in [-0.1, -0.05) is 6.07 Å². The minimum atomic E-state index is -1.00. The lowest BCUT2D eigenvalue weighted by atomic mass is 10.2. The van der Waals surface area contributed by atoms with Crippen molar-refractivity contribution in [2.75, 3.05) is 0 Å². The summed E-state index contributed by atoms with van der Waals surface area (Å²) in [6.45, 7) is 0. The van der Waals surface area contributed by atoms with Crippen LogP contribution < -0.4 is 17.0 Å². The van der Waals surface area contributed by atoms with Crippen molar-refractivity contribution in [2.45, 2.75) is 12.5 Å². The van der Waals surface area contributed by atoms with Gasteiger partial charge in [0.05, 0.1) is 12.7 Å². The summed E-state index contributed by atoms with van der Waals surface area (Å²) in [5.41, 5.74) is 6.18. The maximum absolute atomic E-state index is 11.7. The molecule has 0 aliphatic rings. The van der Waals surface area contributed by atoms with E-state index >= 15 is 0 Å². The van der Waals surface area contributed by atoms with Crippen LogP contribution in [-0.4, -0.2) is 50.8 Å². The minimum absolute atomic E-state index is 0.287. The lowest BCUT2D eigenvalue weighted by Gasteiger charge is -2.02. The molecule has 0 bridgehead atoms. The van der Waals surface area contributed by atoms with Crippen LogP contribution in [0.5, 0.6) is 0 Å². The summed E-state index contributed by atoms with van der Waals surface area (Å²) < 4.78 is 4.04. The van der Waals surface area contributed by atoms with Crippen LogP contribution in [-0.2, 0) is 32.4 Å². The quantitative estimate of drug-likeness (QED) is 0.389. The van der Waals surface area contributed by atoms with E-state index in [0.29, 0.717) is 11.2 Å². The largest absolute Gasteiger partial charge is 0.480 e. The van der Waals surface area contributed by atoms with Crippen molar-refractivity contribution in [1.29, 1.82) is 0 Å². The number of aromatic nitrogens is 7. The predicted octanol–water partition coefficient (Wildman–Crippen LogP) is -0.584. The van der Waals surface area contributed by atoms with Crippen LogP contribution in [0, 0.1) is 0 Å². The second-order valence-electron chi connectivity index (χ2n) is 6.48. The number of carboxylic acid groups (broad SMARTS) is 1. The van der Waals surface area contributed by atoms with Gasteiger partial charge in [-0.25, -0.2) is 14.8 Å². The molecule has 0 unspecified atom stereocenters. The molecule has 0 fully saturated rings. The van der Waals surface area contributed by atoms with Gasteiger partial charge in [0.2, 0.25) is 0 Å². The average Bonchev–Trinajstić information content (AvgIpc) is 3.42. The molecular formula is C19H24N8O4. The molecule has 4 aromatic rings. The molecule has 0 amide bonds. The van der Waals surface area contributed by atoms with Gasteiger partial charge < -0.3 is 20.4 Å². The Morgan fingerprint density at radius 3 is 2.29 bits per heavy atom. The number of nitrogens with two attached hydrogens (primary N) is 1. The third-order valence-electron chi connectivity index (χ3n) is 4.19. The molecule has 31 heavy (non-hydrogen) atoms. The van der Waals surface area contributed by atoms with E-state index in [-0.39, 0.29) is 17.7 Å². The number of carboxylic acids is 1. The molecule has 0 aromatic carbocycles. The van der Waals surface area contributed by atoms with Crippen molar-refractivity contribution in [3.8, 4) is 0 Å². The molecule has 4 heterocycles. The molecule has 0 radical (unpaired) electrons. The highest BCUT2D eigenvalue weighted by molar-refractivity contribution is 5.73. The number of aromatic amines is 1. The number of nitrogens with one attached hydrogen (secondary N) is 1. The summed E-state index contributed by atoms with van der Waals surface area (Å²) >= 11 is 0. The number of fused-ring (bicyclic) bond motifs is 1. The number of nitrogens with zero attached hydrogens (tertiary/aromatic N) is 6. The Morgan fingerprint density at radius 1 is 1.13 bits per heavy atom. The van der Waals surface area contributed by atoms with Crippen LogP contribution in [0.2, 0.25) is 0 Å². The first-order valence-corrected chi connectivity index (χ1v) is 9.11. The van der Waals surface area contributed by atoms with Gasteiger partial charge in [0.1, 0.15) is 6.04 Å². The van der Waals surface area contributed by atoms with Gasteiger partial charge in [-0.15, -0.1) is 0 Å². The minimum Gasteiger partial charge on any atom is -0.480 e. The smallest absolute Gasteiger partial charge is 0.332 e. The molecule has 12 nitrogen and oxygen atoms in total. The van der Waals surface area contributed by atoms with Crippen molar-refractivity contribution in [1.82, 2.24) is 33.6 Å². The Hall–Kier alpha value is -4.06. The monoisotopic (exact) mass is 428 g/mol. The van der Waals surface area contributed by atoms with Crippen molar-refractivity contribution in [3.05, 3.63) is 76.0 Å². The van der Waals surface area contributed by atoms with Crippen LogP contribution in [0.4, 0.5) is 0 Å². The standard InChI is InChI=1S/C8H10N4O2.C6H9N3O2.C5H5N/c1-10-4-9-6-5(10)7(13)12(3)8(14)11(6)2;7-5(6(10)11)1-4-2-8-3-9-4;1-2-4-6-5-3-1/h4H,1-3H3;2-3,5H,1,7H2,(H,8,9)(H,10,11);1-5H/t;5-;/m.0./s1. The van der Waals surface area contributed by atoms with Crippen LogP contribution in [0.3, 0.4) is 0 Å². The lowest BCUT2D eigenvalue weighted by Crippen LogP contribution is -2.37.